The van der Waals surface area contributed by atoms with Crippen LogP contribution in [0.15, 0.2) is 12.3 Å². The van der Waals surface area contributed by atoms with Crippen molar-refractivity contribution >= 4 is 23.4 Å². The van der Waals surface area contributed by atoms with Gasteiger partial charge in [0, 0.05) is 33.5 Å². The molecule has 1 N–H and O–H groups in total. The predicted molar refractivity (Wildman–Crippen MR) is 70.0 cm³/mol. The number of aromatic nitrogens is 1. The summed E-state index contributed by atoms with van der Waals surface area (Å²) in [5.41, 5.74) is 0.0431. The number of nitrogens with zero attached hydrogens (tertiary/aromatic N) is 2. The summed E-state index contributed by atoms with van der Waals surface area (Å²) in [6.45, 7) is 1.12. The van der Waals surface area contributed by atoms with Crippen LogP contribution in [0.3, 0.4) is 0 Å². The van der Waals surface area contributed by atoms with Crippen molar-refractivity contribution in [3.63, 3.8) is 0 Å². The number of methoxy groups -OCH3 is 2. The maximum atomic E-state index is 11.0. The molecule has 0 radical (unpaired) electrons. The van der Waals surface area contributed by atoms with Crippen LogP contribution in [0, 0.1) is 0 Å². The number of pyridine rings is 1. The van der Waals surface area contributed by atoms with E-state index in [9.17, 15) is 4.79 Å². The Morgan fingerprint density at radius 3 is 2.47 bits per heavy atom. The number of aromatic carboxylic acids is 1. The summed E-state index contributed by atoms with van der Waals surface area (Å²) in [6, 6.07) is 1.38. The van der Waals surface area contributed by atoms with E-state index in [0.29, 0.717) is 18.9 Å². The van der Waals surface area contributed by atoms with E-state index >= 15 is 0 Å². The normalized spacial score (nSPS) is 22.8. The van der Waals surface area contributed by atoms with Crippen molar-refractivity contribution in [3.8, 4) is 0 Å². The molecule has 0 amide bonds. The molecule has 0 saturated carbocycles. The average Bonchev–Trinajstić information content (AvgIpc) is 2.81. The predicted octanol–water partition coefficient (Wildman–Crippen LogP) is 1.28. The maximum Gasteiger partial charge on any atom is 0.337 e. The van der Waals surface area contributed by atoms with E-state index in [1.165, 1.54) is 12.3 Å². The quantitative estimate of drug-likeness (QED) is 0.899. The van der Waals surface area contributed by atoms with E-state index in [4.69, 9.17) is 26.2 Å². The van der Waals surface area contributed by atoms with E-state index in [1.54, 1.807) is 14.2 Å². The second-order valence-corrected chi connectivity index (χ2v) is 4.63. The minimum atomic E-state index is -1.07. The number of anilines is 1. The first-order chi connectivity index (χ1) is 9.08. The summed E-state index contributed by atoms with van der Waals surface area (Å²) in [5, 5.41) is 9.19. The number of hydrogen-bond acceptors (Lipinski definition) is 5. The van der Waals surface area contributed by atoms with E-state index in [2.05, 4.69) is 4.98 Å². The van der Waals surface area contributed by atoms with E-state index < -0.39 is 5.97 Å². The number of carboxylic acid groups (broad SMARTS) is 1. The number of rotatable bonds is 4. The molecule has 7 heteroatoms. The van der Waals surface area contributed by atoms with Crippen LogP contribution in [0.5, 0.6) is 0 Å². The van der Waals surface area contributed by atoms with Crippen molar-refractivity contribution in [2.24, 2.45) is 0 Å². The van der Waals surface area contributed by atoms with Gasteiger partial charge in [-0.3, -0.25) is 0 Å². The van der Waals surface area contributed by atoms with Crippen molar-refractivity contribution in [3.05, 3.63) is 22.8 Å². The molecule has 2 atom stereocenters. The highest BCUT2D eigenvalue weighted by atomic mass is 35.5. The van der Waals surface area contributed by atoms with Crippen LogP contribution in [-0.2, 0) is 9.47 Å². The molecule has 1 aliphatic rings. The Hall–Kier alpha value is -1.37. The molecule has 1 aromatic rings. The molecule has 0 aromatic carbocycles. The molecule has 2 unspecified atom stereocenters. The van der Waals surface area contributed by atoms with Crippen LogP contribution < -0.4 is 4.90 Å². The van der Waals surface area contributed by atoms with Crippen molar-refractivity contribution in [2.45, 2.75) is 12.2 Å². The lowest BCUT2D eigenvalue weighted by atomic mass is 10.2. The van der Waals surface area contributed by atoms with Gasteiger partial charge in [0.15, 0.2) is 0 Å². The molecule has 1 aromatic heterocycles. The van der Waals surface area contributed by atoms with Crippen LogP contribution in [0.2, 0.25) is 5.02 Å². The van der Waals surface area contributed by atoms with Gasteiger partial charge in [-0.25, -0.2) is 9.78 Å². The third kappa shape index (κ3) is 2.65. The lowest BCUT2D eigenvalue weighted by molar-refractivity contribution is -0.00461. The van der Waals surface area contributed by atoms with Crippen molar-refractivity contribution < 1.29 is 19.4 Å². The zero-order valence-electron chi connectivity index (χ0n) is 10.7. The molecule has 19 heavy (non-hydrogen) atoms. The smallest absolute Gasteiger partial charge is 0.337 e. The van der Waals surface area contributed by atoms with Gasteiger partial charge in [-0.2, -0.15) is 0 Å². The van der Waals surface area contributed by atoms with E-state index in [0.717, 1.165) is 0 Å². The Balaban J connectivity index is 2.29. The monoisotopic (exact) mass is 286 g/mol. The SMILES string of the molecule is COC1CN(c2nccc(C(=O)O)c2Cl)CC1OC. The van der Waals surface area contributed by atoms with E-state index in [-0.39, 0.29) is 22.8 Å². The number of hydrogen-bond donors (Lipinski definition) is 1. The number of ether oxygens (including phenoxy) is 2. The molecule has 1 aliphatic heterocycles. The highest BCUT2D eigenvalue weighted by molar-refractivity contribution is 6.35. The molecule has 0 aliphatic carbocycles. The Bertz CT molecular complexity index is 471. The van der Waals surface area contributed by atoms with Gasteiger partial charge >= 0.3 is 5.97 Å². The van der Waals surface area contributed by atoms with Crippen LogP contribution in [-0.4, -0.2) is 55.6 Å². The Kier molecular flexibility index (Phi) is 4.24. The number of carboxylic acids is 1. The van der Waals surface area contributed by atoms with Gasteiger partial charge in [-0.1, -0.05) is 11.6 Å². The third-order valence-corrected chi connectivity index (χ3v) is 3.59. The lowest BCUT2D eigenvalue weighted by Gasteiger charge is -2.18. The Morgan fingerprint density at radius 1 is 1.42 bits per heavy atom. The first kappa shape index (κ1) is 14.0. The highest BCUT2D eigenvalue weighted by Crippen LogP contribution is 2.30. The van der Waals surface area contributed by atoms with Crippen LogP contribution in [0.4, 0.5) is 5.82 Å². The summed E-state index contributed by atoms with van der Waals surface area (Å²) in [6.07, 6.45) is 1.26. The second kappa shape index (κ2) is 5.73. The van der Waals surface area contributed by atoms with Crippen molar-refractivity contribution in [1.29, 1.82) is 0 Å². The topological polar surface area (TPSA) is 71.9 Å². The fraction of sp³-hybridized carbons (Fsp3) is 0.500. The third-order valence-electron chi connectivity index (χ3n) is 3.22. The molecule has 2 rings (SSSR count). The summed E-state index contributed by atoms with van der Waals surface area (Å²) in [7, 11) is 3.23. The van der Waals surface area contributed by atoms with Crippen molar-refractivity contribution in [1.82, 2.24) is 4.98 Å². The molecule has 6 nitrogen and oxygen atoms in total. The van der Waals surface area contributed by atoms with Gasteiger partial charge in [0.25, 0.3) is 0 Å². The molecule has 104 valence electrons. The fourth-order valence-corrected chi connectivity index (χ4v) is 2.50. The van der Waals surface area contributed by atoms with Gasteiger partial charge in [0.2, 0.25) is 0 Å². The summed E-state index contributed by atoms with van der Waals surface area (Å²) < 4.78 is 10.7. The van der Waals surface area contributed by atoms with Crippen molar-refractivity contribution in [2.75, 3.05) is 32.2 Å². The summed E-state index contributed by atoms with van der Waals surface area (Å²) >= 11 is 6.10. The van der Waals surface area contributed by atoms with Crippen LogP contribution in [0.1, 0.15) is 10.4 Å². The standard InChI is InChI=1S/C12H15ClN2O4/c1-18-8-5-15(6-9(8)19-2)11-10(13)7(12(16)17)3-4-14-11/h3-4,8-9H,5-6H2,1-2H3,(H,16,17). The number of halogens is 1. The lowest BCUT2D eigenvalue weighted by Crippen LogP contribution is -2.27. The average molecular weight is 287 g/mol. The molecule has 0 spiro atoms. The highest BCUT2D eigenvalue weighted by Gasteiger charge is 2.35. The summed E-state index contributed by atoms with van der Waals surface area (Å²) in [5.74, 6) is -0.623. The van der Waals surface area contributed by atoms with Gasteiger partial charge in [-0.05, 0) is 6.07 Å². The molecule has 0 bridgehead atoms. The largest absolute Gasteiger partial charge is 0.478 e. The molecule has 1 fully saturated rings. The first-order valence-electron chi connectivity index (χ1n) is 5.76. The molecule has 2 heterocycles. The molecular weight excluding hydrogens is 272 g/mol. The zero-order chi connectivity index (χ0) is 14.0. The van der Waals surface area contributed by atoms with Gasteiger partial charge in [0.05, 0.1) is 10.6 Å². The minimum absolute atomic E-state index is 0.0431. The molecule has 1 saturated heterocycles. The first-order valence-corrected chi connectivity index (χ1v) is 6.14. The van der Waals surface area contributed by atoms with Crippen LogP contribution in [0.25, 0.3) is 0 Å². The fourth-order valence-electron chi connectivity index (χ4n) is 2.19. The van der Waals surface area contributed by atoms with Gasteiger partial charge in [-0.15, -0.1) is 0 Å². The Morgan fingerprint density at radius 2 is 2.00 bits per heavy atom. The van der Waals surface area contributed by atoms with Gasteiger partial charge < -0.3 is 19.5 Å². The molecular formula is C12H15ClN2O4. The van der Waals surface area contributed by atoms with E-state index in [1.807, 2.05) is 4.90 Å². The number of carbonyl (C=O) groups is 1. The minimum Gasteiger partial charge on any atom is -0.478 e. The maximum absolute atomic E-state index is 11.0. The zero-order valence-corrected chi connectivity index (χ0v) is 11.4. The van der Waals surface area contributed by atoms with Crippen LogP contribution >= 0.6 is 11.6 Å². The van der Waals surface area contributed by atoms with Gasteiger partial charge in [0.1, 0.15) is 18.0 Å². The second-order valence-electron chi connectivity index (χ2n) is 4.25. The summed E-state index contributed by atoms with van der Waals surface area (Å²) in [4.78, 5) is 17.1. The Labute approximate surface area is 115 Å².